The first kappa shape index (κ1) is 12.5. The Morgan fingerprint density at radius 2 is 2.29 bits per heavy atom. The Balaban J connectivity index is 1.84. The fourth-order valence-electron chi connectivity index (χ4n) is 2.44. The van der Waals surface area contributed by atoms with Crippen LogP contribution in [-0.2, 0) is 0 Å². The summed E-state index contributed by atoms with van der Waals surface area (Å²) < 4.78 is 0. The number of H-pyrrole nitrogens is 1. The summed E-state index contributed by atoms with van der Waals surface area (Å²) in [6.07, 6.45) is 4.87. The standard InChI is InChI=1S/C12H17ClN2O2/c13-10-4-11(14-6-10)12(17)15-5-8-2-1-3-9(8)7-16/h4,6,8-9,14,16H,1-3,5,7H2,(H,15,17). The third-order valence-electron chi connectivity index (χ3n) is 3.47. The molecule has 3 N–H and O–H groups in total. The van der Waals surface area contributed by atoms with Gasteiger partial charge in [0.05, 0.1) is 5.02 Å². The van der Waals surface area contributed by atoms with E-state index in [-0.39, 0.29) is 12.5 Å². The van der Waals surface area contributed by atoms with Gasteiger partial charge in [0, 0.05) is 19.3 Å². The number of aliphatic hydroxyl groups is 1. The van der Waals surface area contributed by atoms with Gasteiger partial charge in [0.2, 0.25) is 0 Å². The predicted octanol–water partition coefficient (Wildman–Crippen LogP) is 1.81. The van der Waals surface area contributed by atoms with Crippen LogP contribution in [0.4, 0.5) is 0 Å². The minimum atomic E-state index is -0.138. The van der Waals surface area contributed by atoms with Gasteiger partial charge in [0.1, 0.15) is 5.69 Å². The summed E-state index contributed by atoms with van der Waals surface area (Å²) >= 11 is 5.73. The zero-order chi connectivity index (χ0) is 12.3. The molecule has 1 aromatic rings. The summed E-state index contributed by atoms with van der Waals surface area (Å²) in [4.78, 5) is 14.6. The zero-order valence-electron chi connectivity index (χ0n) is 9.58. The lowest BCUT2D eigenvalue weighted by molar-refractivity contribution is 0.0933. The van der Waals surface area contributed by atoms with Crippen molar-refractivity contribution in [1.29, 1.82) is 0 Å². The summed E-state index contributed by atoms with van der Waals surface area (Å²) in [7, 11) is 0. The summed E-state index contributed by atoms with van der Waals surface area (Å²) in [6.45, 7) is 0.843. The van der Waals surface area contributed by atoms with Crippen molar-refractivity contribution in [2.45, 2.75) is 19.3 Å². The fraction of sp³-hybridized carbons (Fsp3) is 0.583. The van der Waals surface area contributed by atoms with Crippen LogP contribution in [0, 0.1) is 11.8 Å². The molecule has 1 fully saturated rings. The van der Waals surface area contributed by atoms with Crippen molar-refractivity contribution in [2.75, 3.05) is 13.2 Å². The van der Waals surface area contributed by atoms with Crippen molar-refractivity contribution in [1.82, 2.24) is 10.3 Å². The molecule has 0 aliphatic heterocycles. The first-order valence-corrected chi connectivity index (χ1v) is 6.31. The van der Waals surface area contributed by atoms with Crippen molar-refractivity contribution in [3.05, 3.63) is 23.0 Å². The van der Waals surface area contributed by atoms with Crippen molar-refractivity contribution >= 4 is 17.5 Å². The van der Waals surface area contributed by atoms with Gasteiger partial charge in [-0.3, -0.25) is 4.79 Å². The number of hydrogen-bond donors (Lipinski definition) is 3. The Hall–Kier alpha value is -1.00. The van der Waals surface area contributed by atoms with Crippen LogP contribution in [0.3, 0.4) is 0 Å². The van der Waals surface area contributed by atoms with Crippen LogP contribution < -0.4 is 5.32 Å². The van der Waals surface area contributed by atoms with Gasteiger partial charge in [-0.25, -0.2) is 0 Å². The average Bonchev–Trinajstić information content (AvgIpc) is 2.94. The Labute approximate surface area is 105 Å². The van der Waals surface area contributed by atoms with Crippen molar-refractivity contribution in [3.8, 4) is 0 Å². The molecule has 5 heteroatoms. The van der Waals surface area contributed by atoms with Gasteiger partial charge in [-0.2, -0.15) is 0 Å². The largest absolute Gasteiger partial charge is 0.396 e. The smallest absolute Gasteiger partial charge is 0.267 e. The molecule has 0 spiro atoms. The molecule has 2 unspecified atom stereocenters. The Morgan fingerprint density at radius 1 is 1.53 bits per heavy atom. The number of nitrogens with one attached hydrogen (secondary N) is 2. The molecule has 1 aliphatic carbocycles. The molecule has 0 radical (unpaired) electrons. The number of aliphatic hydroxyl groups excluding tert-OH is 1. The number of carbonyl (C=O) groups excluding carboxylic acids is 1. The number of halogens is 1. The second-order valence-electron chi connectivity index (χ2n) is 4.58. The topological polar surface area (TPSA) is 65.1 Å². The van der Waals surface area contributed by atoms with E-state index in [1.165, 1.54) is 0 Å². The first-order valence-electron chi connectivity index (χ1n) is 5.93. The monoisotopic (exact) mass is 256 g/mol. The number of aromatic amines is 1. The summed E-state index contributed by atoms with van der Waals surface area (Å²) in [6, 6.07) is 1.61. The molecule has 17 heavy (non-hydrogen) atoms. The van der Waals surface area contributed by atoms with E-state index in [0.717, 1.165) is 19.3 Å². The van der Waals surface area contributed by atoms with Crippen molar-refractivity contribution < 1.29 is 9.90 Å². The lowest BCUT2D eigenvalue weighted by Crippen LogP contribution is -2.31. The predicted molar refractivity (Wildman–Crippen MR) is 66.1 cm³/mol. The van der Waals surface area contributed by atoms with Gasteiger partial charge in [-0.1, -0.05) is 18.0 Å². The summed E-state index contributed by atoms with van der Waals surface area (Å²) in [5.74, 6) is 0.595. The van der Waals surface area contributed by atoms with Crippen LogP contribution >= 0.6 is 11.6 Å². The lowest BCUT2D eigenvalue weighted by Gasteiger charge is -2.17. The average molecular weight is 257 g/mol. The normalized spacial score (nSPS) is 23.9. The molecule has 0 aromatic carbocycles. The van der Waals surface area contributed by atoms with E-state index in [9.17, 15) is 9.90 Å². The van der Waals surface area contributed by atoms with Gasteiger partial charge >= 0.3 is 0 Å². The SMILES string of the molecule is O=C(NCC1CCCC1CO)c1cc(Cl)c[nH]1. The molecule has 1 aliphatic rings. The highest BCUT2D eigenvalue weighted by Gasteiger charge is 2.26. The Bertz CT molecular complexity index is 392. The minimum absolute atomic E-state index is 0.138. The number of aromatic nitrogens is 1. The Morgan fingerprint density at radius 3 is 2.94 bits per heavy atom. The lowest BCUT2D eigenvalue weighted by atomic mass is 9.97. The van der Waals surface area contributed by atoms with Gasteiger partial charge in [-0.05, 0) is 30.7 Å². The van der Waals surface area contributed by atoms with E-state index >= 15 is 0 Å². The third kappa shape index (κ3) is 3.01. The van der Waals surface area contributed by atoms with Crippen molar-refractivity contribution in [2.24, 2.45) is 11.8 Å². The Kier molecular flexibility index (Phi) is 4.07. The van der Waals surface area contributed by atoms with Gasteiger partial charge < -0.3 is 15.4 Å². The van der Waals surface area contributed by atoms with Crippen LogP contribution in [-0.4, -0.2) is 29.1 Å². The minimum Gasteiger partial charge on any atom is -0.396 e. The maximum atomic E-state index is 11.7. The van der Waals surface area contributed by atoms with Gasteiger partial charge in [0.15, 0.2) is 0 Å². The van der Waals surface area contributed by atoms with Crippen LogP contribution in [0.2, 0.25) is 5.02 Å². The summed E-state index contributed by atoms with van der Waals surface area (Å²) in [5.41, 5.74) is 0.480. The van der Waals surface area contributed by atoms with E-state index in [2.05, 4.69) is 10.3 Å². The maximum Gasteiger partial charge on any atom is 0.267 e. The molecule has 1 saturated carbocycles. The molecule has 0 saturated heterocycles. The number of carbonyl (C=O) groups is 1. The second kappa shape index (κ2) is 5.56. The molecule has 2 atom stereocenters. The molecule has 0 bridgehead atoms. The van der Waals surface area contributed by atoms with Crippen LogP contribution in [0.15, 0.2) is 12.3 Å². The quantitative estimate of drug-likeness (QED) is 0.769. The second-order valence-corrected chi connectivity index (χ2v) is 5.01. The van der Waals surface area contributed by atoms with Crippen molar-refractivity contribution in [3.63, 3.8) is 0 Å². The zero-order valence-corrected chi connectivity index (χ0v) is 10.3. The van der Waals surface area contributed by atoms with E-state index in [1.54, 1.807) is 12.3 Å². The van der Waals surface area contributed by atoms with Crippen LogP contribution in [0.5, 0.6) is 0 Å². The van der Waals surface area contributed by atoms with Gasteiger partial charge in [-0.15, -0.1) is 0 Å². The first-order chi connectivity index (χ1) is 8.20. The van der Waals surface area contributed by atoms with Gasteiger partial charge in [0.25, 0.3) is 5.91 Å². The highest BCUT2D eigenvalue weighted by molar-refractivity contribution is 6.30. The molecule has 4 nitrogen and oxygen atoms in total. The van der Waals surface area contributed by atoms with Crippen LogP contribution in [0.25, 0.3) is 0 Å². The van der Waals surface area contributed by atoms with Crippen LogP contribution in [0.1, 0.15) is 29.8 Å². The van der Waals surface area contributed by atoms with E-state index < -0.39 is 0 Å². The highest BCUT2D eigenvalue weighted by Crippen LogP contribution is 2.30. The third-order valence-corrected chi connectivity index (χ3v) is 3.69. The number of hydrogen-bond acceptors (Lipinski definition) is 2. The molecular formula is C12H17ClN2O2. The van der Waals surface area contributed by atoms with E-state index in [0.29, 0.717) is 29.1 Å². The van der Waals surface area contributed by atoms with E-state index in [1.807, 2.05) is 0 Å². The molecule has 1 aromatic heterocycles. The molecular weight excluding hydrogens is 240 g/mol. The summed E-state index contributed by atoms with van der Waals surface area (Å²) in [5, 5.41) is 12.6. The van der Waals surface area contributed by atoms with E-state index in [4.69, 9.17) is 11.6 Å². The fourth-order valence-corrected chi connectivity index (χ4v) is 2.60. The maximum absolute atomic E-state index is 11.7. The molecule has 1 heterocycles. The molecule has 2 rings (SSSR count). The number of amides is 1. The molecule has 1 amide bonds. The molecule has 94 valence electrons. The number of rotatable bonds is 4. The highest BCUT2D eigenvalue weighted by atomic mass is 35.5.